The smallest absolute Gasteiger partial charge is 0.410 e. The fraction of sp³-hybridized carbons (Fsp3) is 0.500. The molecule has 1 saturated heterocycles. The molecular weight excluding hydrogens is 366 g/mol. The van der Waals surface area contributed by atoms with Crippen LogP contribution in [0.2, 0.25) is 0 Å². The third-order valence-electron chi connectivity index (χ3n) is 5.04. The van der Waals surface area contributed by atoms with Crippen molar-refractivity contribution in [2.75, 3.05) is 20.1 Å². The topological polar surface area (TPSA) is 63.0 Å². The molecule has 1 amide bonds. The van der Waals surface area contributed by atoms with Crippen LogP contribution in [-0.4, -0.2) is 63.9 Å². The van der Waals surface area contributed by atoms with Gasteiger partial charge in [0.1, 0.15) is 5.60 Å². The number of ether oxygens (including phenoxy) is 1. The van der Waals surface area contributed by atoms with E-state index in [1.165, 1.54) is 0 Å². The Morgan fingerprint density at radius 3 is 2.76 bits per heavy atom. The van der Waals surface area contributed by atoms with E-state index in [1.54, 1.807) is 4.90 Å². The second-order valence-electron chi connectivity index (χ2n) is 8.71. The van der Waals surface area contributed by atoms with E-state index in [2.05, 4.69) is 33.7 Å². The van der Waals surface area contributed by atoms with Gasteiger partial charge in [-0.2, -0.15) is 0 Å². The average Bonchev–Trinajstić information content (AvgIpc) is 3.28. The lowest BCUT2D eigenvalue weighted by molar-refractivity contribution is 0.0228. The number of hydrogen-bond acceptors (Lipinski definition) is 5. The zero-order valence-electron chi connectivity index (χ0n) is 18.1. The molecule has 1 fully saturated rings. The standard InChI is InChI=1S/C22H31N5O2/c1-16-12-27(15-24-16)20-10-17(9-18(11-20)23-5)13-26-8-7-19(14-26)25(6)21(28)29-22(2,3)4/h9-12,15,19H,5,7-8,13-14H2,1-4,6H3/t19-/m0/s1. The Bertz CT molecular complexity index is 884. The number of likely N-dealkylation sites (N-methyl/N-ethyl adjacent to an activating group) is 1. The Kier molecular flexibility index (Phi) is 6.07. The van der Waals surface area contributed by atoms with Crippen molar-refractivity contribution in [3.05, 3.63) is 42.0 Å². The van der Waals surface area contributed by atoms with Crippen LogP contribution in [0.3, 0.4) is 0 Å². The van der Waals surface area contributed by atoms with Gasteiger partial charge in [0.2, 0.25) is 0 Å². The van der Waals surface area contributed by atoms with Crippen LogP contribution in [0.25, 0.3) is 5.69 Å². The first kappa shape index (κ1) is 21.0. The van der Waals surface area contributed by atoms with E-state index in [4.69, 9.17) is 4.74 Å². The van der Waals surface area contributed by atoms with Crippen molar-refractivity contribution in [1.29, 1.82) is 0 Å². The molecule has 1 atom stereocenters. The Morgan fingerprint density at radius 1 is 1.38 bits per heavy atom. The molecule has 29 heavy (non-hydrogen) atoms. The normalized spacial score (nSPS) is 17.3. The Hall–Kier alpha value is -2.67. The summed E-state index contributed by atoms with van der Waals surface area (Å²) in [6.45, 7) is 13.9. The average molecular weight is 398 g/mol. The fourth-order valence-corrected chi connectivity index (χ4v) is 3.56. The molecule has 0 aliphatic carbocycles. The quantitative estimate of drug-likeness (QED) is 0.717. The Labute approximate surface area is 173 Å². The van der Waals surface area contributed by atoms with Gasteiger partial charge in [-0.05, 0) is 64.6 Å². The Balaban J connectivity index is 1.68. The molecule has 0 bridgehead atoms. The van der Waals surface area contributed by atoms with E-state index >= 15 is 0 Å². The van der Waals surface area contributed by atoms with Crippen LogP contribution < -0.4 is 0 Å². The minimum absolute atomic E-state index is 0.154. The summed E-state index contributed by atoms with van der Waals surface area (Å²) in [4.78, 5) is 24.9. The number of carbonyl (C=O) groups excluding carboxylic acids is 1. The molecule has 0 saturated carbocycles. The van der Waals surface area contributed by atoms with Crippen molar-refractivity contribution in [2.24, 2.45) is 4.99 Å². The number of nitrogens with zero attached hydrogens (tertiary/aromatic N) is 5. The molecule has 0 spiro atoms. The van der Waals surface area contributed by atoms with Gasteiger partial charge in [0, 0.05) is 44.6 Å². The van der Waals surface area contributed by atoms with Gasteiger partial charge in [-0.1, -0.05) is 0 Å². The van der Waals surface area contributed by atoms with Crippen molar-refractivity contribution in [3.63, 3.8) is 0 Å². The van der Waals surface area contributed by atoms with E-state index < -0.39 is 5.60 Å². The van der Waals surface area contributed by atoms with Gasteiger partial charge in [0.05, 0.1) is 17.7 Å². The number of rotatable bonds is 5. The van der Waals surface area contributed by atoms with Gasteiger partial charge in [-0.3, -0.25) is 9.89 Å². The number of aromatic nitrogens is 2. The highest BCUT2D eigenvalue weighted by atomic mass is 16.6. The first-order valence-electron chi connectivity index (χ1n) is 9.94. The molecular formula is C22H31N5O2. The maximum atomic E-state index is 12.4. The minimum atomic E-state index is -0.482. The predicted octanol–water partition coefficient (Wildman–Crippen LogP) is 3.95. The maximum Gasteiger partial charge on any atom is 0.410 e. The number of imidazole rings is 1. The lowest BCUT2D eigenvalue weighted by atomic mass is 10.1. The van der Waals surface area contributed by atoms with Gasteiger partial charge >= 0.3 is 6.09 Å². The number of aryl methyl sites for hydroxylation is 1. The first-order valence-corrected chi connectivity index (χ1v) is 9.94. The lowest BCUT2D eigenvalue weighted by Crippen LogP contribution is -2.42. The van der Waals surface area contributed by atoms with Gasteiger partial charge in [-0.15, -0.1) is 0 Å². The molecule has 1 aromatic carbocycles. The van der Waals surface area contributed by atoms with Gasteiger partial charge < -0.3 is 14.2 Å². The van der Waals surface area contributed by atoms with Gasteiger partial charge in [-0.25, -0.2) is 9.78 Å². The fourth-order valence-electron chi connectivity index (χ4n) is 3.56. The third-order valence-corrected chi connectivity index (χ3v) is 5.04. The first-order chi connectivity index (χ1) is 13.6. The van der Waals surface area contributed by atoms with Gasteiger partial charge in [0.25, 0.3) is 0 Å². The van der Waals surface area contributed by atoms with E-state index in [0.717, 1.165) is 48.7 Å². The molecule has 1 aliphatic heterocycles. The molecule has 0 unspecified atom stereocenters. The molecule has 1 aliphatic rings. The van der Waals surface area contributed by atoms with Crippen molar-refractivity contribution in [1.82, 2.24) is 19.4 Å². The number of amides is 1. The van der Waals surface area contributed by atoms with Gasteiger partial charge in [0.15, 0.2) is 0 Å². The number of hydrogen-bond donors (Lipinski definition) is 0. The zero-order chi connectivity index (χ0) is 21.2. The van der Waals surface area contributed by atoms with E-state index in [1.807, 2.05) is 57.9 Å². The summed E-state index contributed by atoms with van der Waals surface area (Å²) in [6.07, 6.45) is 4.47. The molecule has 3 rings (SSSR count). The number of likely N-dealkylation sites (tertiary alicyclic amines) is 1. The molecule has 1 aromatic heterocycles. The van der Waals surface area contributed by atoms with E-state index in [0.29, 0.717) is 0 Å². The molecule has 7 nitrogen and oxygen atoms in total. The molecule has 2 heterocycles. The van der Waals surface area contributed by atoms with E-state index in [-0.39, 0.29) is 12.1 Å². The number of carbonyl (C=O) groups is 1. The maximum absolute atomic E-state index is 12.4. The summed E-state index contributed by atoms with van der Waals surface area (Å²) in [6, 6.07) is 6.37. The van der Waals surface area contributed by atoms with Crippen LogP contribution in [-0.2, 0) is 11.3 Å². The predicted molar refractivity (Wildman–Crippen MR) is 115 cm³/mol. The van der Waals surface area contributed by atoms with Crippen molar-refractivity contribution < 1.29 is 9.53 Å². The Morgan fingerprint density at radius 2 is 2.14 bits per heavy atom. The SMILES string of the molecule is C=Nc1cc(CN2CC[C@H](N(C)C(=O)OC(C)(C)C)C2)cc(-n2cnc(C)c2)c1. The summed E-state index contributed by atoms with van der Waals surface area (Å²) in [7, 11) is 1.82. The van der Waals surface area contributed by atoms with Crippen LogP contribution in [0.5, 0.6) is 0 Å². The number of aliphatic imine (C=N–C) groups is 1. The molecule has 0 N–H and O–H groups in total. The second kappa shape index (κ2) is 8.37. The number of benzene rings is 1. The van der Waals surface area contributed by atoms with Crippen LogP contribution in [0.4, 0.5) is 10.5 Å². The summed E-state index contributed by atoms with van der Waals surface area (Å²) in [5.41, 5.74) is 3.51. The minimum Gasteiger partial charge on any atom is -0.444 e. The van der Waals surface area contributed by atoms with E-state index in [9.17, 15) is 4.79 Å². The highest BCUT2D eigenvalue weighted by molar-refractivity contribution is 5.68. The van der Waals surface area contributed by atoms with Crippen LogP contribution in [0.1, 0.15) is 38.4 Å². The molecule has 2 aromatic rings. The van der Waals surface area contributed by atoms with Crippen LogP contribution in [0, 0.1) is 6.92 Å². The highest BCUT2D eigenvalue weighted by Gasteiger charge is 2.31. The van der Waals surface area contributed by atoms with Crippen molar-refractivity contribution in [3.8, 4) is 5.69 Å². The summed E-state index contributed by atoms with van der Waals surface area (Å²) >= 11 is 0. The second-order valence-corrected chi connectivity index (χ2v) is 8.71. The third kappa shape index (κ3) is 5.44. The van der Waals surface area contributed by atoms with Crippen molar-refractivity contribution >= 4 is 18.5 Å². The largest absolute Gasteiger partial charge is 0.444 e. The zero-order valence-corrected chi connectivity index (χ0v) is 18.1. The summed E-state index contributed by atoms with van der Waals surface area (Å²) < 4.78 is 7.50. The highest BCUT2D eigenvalue weighted by Crippen LogP contribution is 2.24. The van der Waals surface area contributed by atoms with Crippen molar-refractivity contribution in [2.45, 2.75) is 52.3 Å². The summed E-state index contributed by atoms with van der Waals surface area (Å²) in [5, 5.41) is 0. The molecule has 7 heteroatoms. The monoisotopic (exact) mass is 397 g/mol. The lowest BCUT2D eigenvalue weighted by Gasteiger charge is -2.28. The molecule has 156 valence electrons. The van der Waals surface area contributed by atoms with Crippen LogP contribution >= 0.6 is 0 Å². The summed E-state index contributed by atoms with van der Waals surface area (Å²) in [5.74, 6) is 0. The molecule has 0 radical (unpaired) electrons. The van der Waals surface area contributed by atoms with Crippen LogP contribution in [0.15, 0.2) is 35.7 Å².